The van der Waals surface area contributed by atoms with Crippen LogP contribution in [0.15, 0.2) is 18.2 Å². The molecule has 0 saturated carbocycles. The molecular formula is C21H32N2O4. The number of nitrogens with one attached hydrogen (secondary N) is 1. The first-order valence-corrected chi connectivity index (χ1v) is 9.58. The third-order valence-corrected chi connectivity index (χ3v) is 4.57. The third kappa shape index (κ3) is 5.88. The summed E-state index contributed by atoms with van der Waals surface area (Å²) in [5.74, 6) is 0.875. The van der Waals surface area contributed by atoms with Crippen LogP contribution < -0.4 is 10.1 Å². The van der Waals surface area contributed by atoms with Gasteiger partial charge < -0.3 is 19.7 Å². The Morgan fingerprint density at radius 1 is 1.30 bits per heavy atom. The second-order valence-electron chi connectivity index (χ2n) is 8.40. The number of amides is 2. The van der Waals surface area contributed by atoms with E-state index >= 15 is 0 Å². The van der Waals surface area contributed by atoms with Gasteiger partial charge in [0.2, 0.25) is 0 Å². The first kappa shape index (κ1) is 21.1. The van der Waals surface area contributed by atoms with Crippen LogP contribution in [0, 0.1) is 5.92 Å². The summed E-state index contributed by atoms with van der Waals surface area (Å²) in [6.07, 6.45) is 1.06. The lowest BCUT2D eigenvalue weighted by Crippen LogP contribution is -2.43. The highest BCUT2D eigenvalue weighted by Gasteiger charge is 2.25. The van der Waals surface area contributed by atoms with Gasteiger partial charge in [-0.3, -0.25) is 4.79 Å². The Labute approximate surface area is 162 Å². The molecule has 1 aromatic rings. The summed E-state index contributed by atoms with van der Waals surface area (Å²) in [4.78, 5) is 26.6. The summed E-state index contributed by atoms with van der Waals surface area (Å²) in [6.45, 7) is 10.8. The maximum absolute atomic E-state index is 12.8. The van der Waals surface area contributed by atoms with Crippen molar-refractivity contribution < 1.29 is 19.1 Å². The number of alkyl carbamates (subject to hydrolysis) is 1. The van der Waals surface area contributed by atoms with Crippen LogP contribution >= 0.6 is 0 Å². The predicted octanol–water partition coefficient (Wildman–Crippen LogP) is 3.63. The lowest BCUT2D eigenvalue weighted by atomic mass is 10.0. The molecule has 1 aliphatic heterocycles. The largest absolute Gasteiger partial charge is 0.492 e. The zero-order valence-corrected chi connectivity index (χ0v) is 17.3. The van der Waals surface area contributed by atoms with Crippen LogP contribution in [0.3, 0.4) is 0 Å². The maximum Gasteiger partial charge on any atom is 0.407 e. The van der Waals surface area contributed by atoms with Crippen molar-refractivity contribution in [3.63, 3.8) is 0 Å². The minimum atomic E-state index is -0.536. The van der Waals surface area contributed by atoms with E-state index in [1.54, 1.807) is 11.9 Å². The summed E-state index contributed by atoms with van der Waals surface area (Å²) in [7, 11) is 1.78. The molecule has 6 nitrogen and oxygen atoms in total. The van der Waals surface area contributed by atoms with Gasteiger partial charge in [0.25, 0.3) is 5.91 Å². The van der Waals surface area contributed by atoms with Crippen molar-refractivity contribution in [1.29, 1.82) is 0 Å². The van der Waals surface area contributed by atoms with Gasteiger partial charge in [0.05, 0.1) is 12.2 Å². The molecular weight excluding hydrogens is 344 g/mol. The molecule has 6 heteroatoms. The second-order valence-corrected chi connectivity index (χ2v) is 8.40. The van der Waals surface area contributed by atoms with E-state index in [0.29, 0.717) is 30.9 Å². The van der Waals surface area contributed by atoms with Crippen LogP contribution in [0.25, 0.3) is 0 Å². The van der Waals surface area contributed by atoms with Gasteiger partial charge in [0, 0.05) is 26.1 Å². The van der Waals surface area contributed by atoms with E-state index in [2.05, 4.69) is 5.32 Å². The molecule has 0 unspecified atom stereocenters. The highest BCUT2D eigenvalue weighted by molar-refractivity contribution is 5.97. The first-order chi connectivity index (χ1) is 12.6. The monoisotopic (exact) mass is 376 g/mol. The number of hydrogen-bond acceptors (Lipinski definition) is 4. The normalized spacial score (nSPS) is 14.3. The van der Waals surface area contributed by atoms with E-state index in [9.17, 15) is 9.59 Å². The smallest absolute Gasteiger partial charge is 0.407 e. The number of carbonyl (C=O) groups is 2. The minimum absolute atomic E-state index is 0.0616. The fourth-order valence-corrected chi connectivity index (χ4v) is 3.05. The maximum atomic E-state index is 12.8. The van der Waals surface area contributed by atoms with E-state index in [1.807, 2.05) is 52.8 Å². The van der Waals surface area contributed by atoms with Crippen LogP contribution in [-0.2, 0) is 11.2 Å². The average molecular weight is 376 g/mol. The van der Waals surface area contributed by atoms with E-state index in [4.69, 9.17) is 9.47 Å². The molecule has 1 atom stereocenters. The molecule has 1 heterocycles. The summed E-state index contributed by atoms with van der Waals surface area (Å²) < 4.78 is 11.0. The van der Waals surface area contributed by atoms with Gasteiger partial charge in [-0.05, 0) is 44.7 Å². The molecule has 0 fully saturated rings. The molecule has 0 aromatic heterocycles. The van der Waals surface area contributed by atoms with Gasteiger partial charge >= 0.3 is 6.09 Å². The molecule has 2 rings (SSSR count). The van der Waals surface area contributed by atoms with Crippen LogP contribution in [0.2, 0.25) is 0 Å². The number of carbonyl (C=O) groups excluding carboxylic acids is 2. The SMILES string of the molecule is CC(C)[C@H](CCN(C)C(=O)c1cccc2c1OCC2)NC(=O)OC(C)(C)C. The number of hydrogen-bond donors (Lipinski definition) is 1. The number of para-hydroxylation sites is 1. The van der Waals surface area contributed by atoms with Gasteiger partial charge in [-0.1, -0.05) is 26.0 Å². The molecule has 0 radical (unpaired) electrons. The lowest BCUT2D eigenvalue weighted by Gasteiger charge is -2.27. The molecule has 2 amide bonds. The molecule has 0 saturated heterocycles. The number of fused-ring (bicyclic) bond motifs is 1. The van der Waals surface area contributed by atoms with E-state index in [-0.39, 0.29) is 17.9 Å². The average Bonchev–Trinajstić information content (AvgIpc) is 3.04. The fourth-order valence-electron chi connectivity index (χ4n) is 3.05. The number of nitrogens with zero attached hydrogens (tertiary/aromatic N) is 1. The van der Waals surface area contributed by atoms with Crippen LogP contribution in [0.4, 0.5) is 4.79 Å². The van der Waals surface area contributed by atoms with Gasteiger partial charge in [0.15, 0.2) is 0 Å². The fraction of sp³-hybridized carbons (Fsp3) is 0.619. The Balaban J connectivity index is 1.95. The molecule has 0 spiro atoms. The molecule has 0 bridgehead atoms. The summed E-state index contributed by atoms with van der Waals surface area (Å²) in [5, 5.41) is 2.92. The molecule has 27 heavy (non-hydrogen) atoms. The minimum Gasteiger partial charge on any atom is -0.492 e. The van der Waals surface area contributed by atoms with Crippen LogP contribution in [0.1, 0.15) is 57.0 Å². The number of rotatable bonds is 6. The highest BCUT2D eigenvalue weighted by Crippen LogP contribution is 2.30. The molecule has 1 aliphatic rings. The van der Waals surface area contributed by atoms with Crippen molar-refractivity contribution in [3.8, 4) is 5.75 Å². The Hall–Kier alpha value is -2.24. The summed E-state index contributed by atoms with van der Waals surface area (Å²) in [6, 6.07) is 5.63. The van der Waals surface area contributed by atoms with Crippen molar-refractivity contribution in [2.24, 2.45) is 5.92 Å². The van der Waals surface area contributed by atoms with E-state index in [0.717, 1.165) is 12.0 Å². The molecule has 0 aliphatic carbocycles. The van der Waals surface area contributed by atoms with Crippen LogP contribution in [0.5, 0.6) is 5.75 Å². The number of benzene rings is 1. The second kappa shape index (κ2) is 8.63. The molecule has 150 valence electrons. The van der Waals surface area contributed by atoms with Crippen molar-refractivity contribution in [2.75, 3.05) is 20.2 Å². The van der Waals surface area contributed by atoms with E-state index < -0.39 is 11.7 Å². The van der Waals surface area contributed by atoms with Gasteiger partial charge in [-0.2, -0.15) is 0 Å². The van der Waals surface area contributed by atoms with Gasteiger partial charge in [-0.25, -0.2) is 4.79 Å². The predicted molar refractivity (Wildman–Crippen MR) is 105 cm³/mol. The molecule has 1 aromatic carbocycles. The third-order valence-electron chi connectivity index (χ3n) is 4.57. The van der Waals surface area contributed by atoms with E-state index in [1.165, 1.54) is 0 Å². The number of ether oxygens (including phenoxy) is 2. The zero-order valence-electron chi connectivity index (χ0n) is 17.3. The lowest BCUT2D eigenvalue weighted by molar-refractivity contribution is 0.0484. The first-order valence-electron chi connectivity index (χ1n) is 9.58. The van der Waals surface area contributed by atoms with Gasteiger partial charge in [-0.15, -0.1) is 0 Å². The topological polar surface area (TPSA) is 67.9 Å². The van der Waals surface area contributed by atoms with Gasteiger partial charge in [0.1, 0.15) is 11.4 Å². The quantitative estimate of drug-likeness (QED) is 0.823. The van der Waals surface area contributed by atoms with Crippen LogP contribution in [-0.4, -0.2) is 48.7 Å². The van der Waals surface area contributed by atoms with Crippen molar-refractivity contribution in [3.05, 3.63) is 29.3 Å². The van der Waals surface area contributed by atoms with Crippen molar-refractivity contribution in [2.45, 2.75) is 59.1 Å². The Kier molecular flexibility index (Phi) is 6.73. The Morgan fingerprint density at radius 2 is 2.00 bits per heavy atom. The summed E-state index contributed by atoms with van der Waals surface area (Å²) >= 11 is 0. The Morgan fingerprint density at radius 3 is 2.63 bits per heavy atom. The zero-order chi connectivity index (χ0) is 20.2. The van der Waals surface area contributed by atoms with Crippen molar-refractivity contribution in [1.82, 2.24) is 10.2 Å². The summed E-state index contributed by atoms with van der Waals surface area (Å²) in [5.41, 5.74) is 1.15. The van der Waals surface area contributed by atoms with Crippen molar-refractivity contribution >= 4 is 12.0 Å². The highest BCUT2D eigenvalue weighted by atomic mass is 16.6. The molecule has 1 N–H and O–H groups in total. The Bertz CT molecular complexity index is 679. The standard InChI is InChI=1S/C21H32N2O4/c1-14(2)17(22-20(25)27-21(3,4)5)10-12-23(6)19(24)16-9-7-8-15-11-13-26-18(15)16/h7-9,14,17H,10-13H2,1-6H3,(H,22,25)/t17-/m0/s1.